The molecule has 14 heavy (non-hydrogen) atoms. The maximum atomic E-state index is 10.7. The van der Waals surface area contributed by atoms with Crippen LogP contribution in [0, 0.1) is 0 Å². The van der Waals surface area contributed by atoms with Crippen LogP contribution in [0.4, 0.5) is 4.79 Å². The van der Waals surface area contributed by atoms with E-state index in [1.165, 1.54) is 18.8 Å². The second-order valence-corrected chi connectivity index (χ2v) is 3.56. The van der Waals surface area contributed by atoms with Gasteiger partial charge in [-0.25, -0.2) is 4.79 Å². The minimum Gasteiger partial charge on any atom is -0.323 e. The van der Waals surface area contributed by atoms with Crippen LogP contribution in [0.1, 0.15) is 19.8 Å². The van der Waals surface area contributed by atoms with Gasteiger partial charge in [0, 0.05) is 12.8 Å². The molecule has 0 spiro atoms. The van der Waals surface area contributed by atoms with Crippen LogP contribution < -0.4 is 5.32 Å². The van der Waals surface area contributed by atoms with Crippen molar-refractivity contribution >= 4 is 22.9 Å². The lowest BCUT2D eigenvalue weighted by Gasteiger charge is -2.01. The molecular weight excluding hydrogens is 200 g/mol. The van der Waals surface area contributed by atoms with Crippen LogP contribution in [0.5, 0.6) is 0 Å². The number of hydrogen-bond donors (Lipinski definition) is 1. The highest BCUT2D eigenvalue weighted by Crippen LogP contribution is 2.10. The predicted molar refractivity (Wildman–Crippen MR) is 60.5 cm³/mol. The number of nitrogens with zero attached hydrogens (tertiary/aromatic N) is 1. The molecule has 0 radical (unpaired) electrons. The average molecular weight is 216 g/mol. The number of oxime groups is 1. The fourth-order valence-corrected chi connectivity index (χ4v) is 1.40. The molecule has 0 aliphatic heterocycles. The Morgan fingerprint density at radius 1 is 1.71 bits per heavy atom. The second kappa shape index (κ2) is 8.62. The Morgan fingerprint density at radius 2 is 2.43 bits per heavy atom. The molecule has 0 aromatic carbocycles. The zero-order valence-electron chi connectivity index (χ0n) is 8.58. The van der Waals surface area contributed by atoms with Gasteiger partial charge in [-0.05, 0) is 12.8 Å². The first kappa shape index (κ1) is 13.0. The largest absolute Gasteiger partial charge is 0.433 e. The topological polar surface area (TPSA) is 50.7 Å². The van der Waals surface area contributed by atoms with Crippen LogP contribution in [0.15, 0.2) is 17.8 Å². The lowest BCUT2D eigenvalue weighted by molar-refractivity contribution is 0.153. The highest BCUT2D eigenvalue weighted by Gasteiger charge is 2.01. The van der Waals surface area contributed by atoms with Gasteiger partial charge in [0.25, 0.3) is 0 Å². The van der Waals surface area contributed by atoms with E-state index in [0.29, 0.717) is 0 Å². The van der Waals surface area contributed by atoms with E-state index in [4.69, 9.17) is 0 Å². The number of amides is 1. The molecule has 1 amide bonds. The lowest BCUT2D eigenvalue weighted by Crippen LogP contribution is -2.17. The molecular formula is C9H16N2O2S. The van der Waals surface area contributed by atoms with E-state index >= 15 is 0 Å². The maximum Gasteiger partial charge on any atom is 0.433 e. The number of carbonyl (C=O) groups excluding carboxylic acids is 1. The molecule has 0 aromatic rings. The minimum absolute atomic E-state index is 0.544. The summed E-state index contributed by atoms with van der Waals surface area (Å²) < 4.78 is 0. The van der Waals surface area contributed by atoms with Crippen molar-refractivity contribution in [3.8, 4) is 0 Å². The van der Waals surface area contributed by atoms with Crippen molar-refractivity contribution in [2.75, 3.05) is 12.8 Å². The fourth-order valence-electron chi connectivity index (χ4n) is 0.651. The van der Waals surface area contributed by atoms with Crippen molar-refractivity contribution in [1.82, 2.24) is 5.32 Å². The zero-order chi connectivity index (χ0) is 10.8. The quantitative estimate of drug-likeness (QED) is 0.252. The summed E-state index contributed by atoms with van der Waals surface area (Å²) in [5.74, 6) is 0.774. The van der Waals surface area contributed by atoms with Crippen LogP contribution in [-0.4, -0.2) is 23.9 Å². The Balaban J connectivity index is 4.02. The summed E-state index contributed by atoms with van der Waals surface area (Å²) >= 11 is 1.53. The van der Waals surface area contributed by atoms with E-state index in [2.05, 4.69) is 21.9 Å². The maximum absolute atomic E-state index is 10.7. The van der Waals surface area contributed by atoms with E-state index < -0.39 is 6.09 Å². The monoisotopic (exact) mass is 216 g/mol. The first-order chi connectivity index (χ1) is 6.74. The average Bonchev–Trinajstić information content (AvgIpc) is 2.21. The number of hydrogen-bond acceptors (Lipinski definition) is 4. The molecule has 0 aliphatic carbocycles. The molecule has 0 saturated heterocycles. The van der Waals surface area contributed by atoms with Crippen LogP contribution in [0.2, 0.25) is 0 Å². The smallest absolute Gasteiger partial charge is 0.323 e. The Kier molecular flexibility index (Phi) is 8.02. The number of thioether (sulfide) groups is 1. The van der Waals surface area contributed by atoms with Crippen LogP contribution in [0.25, 0.3) is 0 Å². The Hall–Kier alpha value is -0.970. The molecule has 0 fully saturated rings. The highest BCUT2D eigenvalue weighted by atomic mass is 32.2. The third-order valence-electron chi connectivity index (χ3n) is 1.27. The number of carbonyl (C=O) groups is 1. The molecule has 5 heteroatoms. The second-order valence-electron chi connectivity index (χ2n) is 2.46. The van der Waals surface area contributed by atoms with Crippen LogP contribution in [-0.2, 0) is 4.84 Å². The predicted octanol–water partition coefficient (Wildman–Crippen LogP) is 2.38. The van der Waals surface area contributed by atoms with Crippen molar-refractivity contribution in [1.29, 1.82) is 0 Å². The van der Waals surface area contributed by atoms with Crippen molar-refractivity contribution in [2.45, 2.75) is 19.8 Å². The molecule has 80 valence electrons. The van der Waals surface area contributed by atoms with Gasteiger partial charge in [-0.3, -0.25) is 4.84 Å². The normalized spacial score (nSPS) is 10.9. The summed E-state index contributed by atoms with van der Waals surface area (Å²) in [4.78, 5) is 15.3. The van der Waals surface area contributed by atoms with Gasteiger partial charge in [0.05, 0.1) is 0 Å². The summed E-state index contributed by atoms with van der Waals surface area (Å²) in [5.41, 5.74) is 0. The fraction of sp³-hybridized carbons (Fsp3) is 0.556. The molecule has 0 saturated carbocycles. The van der Waals surface area contributed by atoms with Gasteiger partial charge in [0.1, 0.15) is 5.04 Å². The van der Waals surface area contributed by atoms with Gasteiger partial charge >= 0.3 is 6.09 Å². The van der Waals surface area contributed by atoms with Crippen molar-refractivity contribution in [3.05, 3.63) is 12.7 Å². The molecule has 1 N–H and O–H groups in total. The van der Waals surface area contributed by atoms with Gasteiger partial charge in [-0.1, -0.05) is 18.2 Å². The Bertz CT molecular complexity index is 217. The summed E-state index contributed by atoms with van der Waals surface area (Å²) in [7, 11) is 1.49. The van der Waals surface area contributed by atoms with Crippen LogP contribution >= 0.6 is 11.8 Å². The first-order valence-electron chi connectivity index (χ1n) is 4.43. The van der Waals surface area contributed by atoms with Gasteiger partial charge in [0.2, 0.25) is 0 Å². The Labute approximate surface area is 88.8 Å². The molecule has 0 atom stereocenters. The summed E-state index contributed by atoms with van der Waals surface area (Å²) in [6.45, 7) is 5.65. The van der Waals surface area contributed by atoms with Gasteiger partial charge < -0.3 is 5.32 Å². The third kappa shape index (κ3) is 6.54. The molecule has 0 unspecified atom stereocenters. The SMILES string of the molecule is C=CCSC(CCC)=NOC(=O)NC. The third-order valence-corrected chi connectivity index (χ3v) is 2.28. The van der Waals surface area contributed by atoms with Crippen molar-refractivity contribution in [3.63, 3.8) is 0 Å². The van der Waals surface area contributed by atoms with Gasteiger partial charge in [-0.15, -0.1) is 18.3 Å². The summed E-state index contributed by atoms with van der Waals surface area (Å²) in [6.07, 6.45) is 3.03. The number of nitrogens with one attached hydrogen (secondary N) is 1. The lowest BCUT2D eigenvalue weighted by atomic mass is 10.4. The first-order valence-corrected chi connectivity index (χ1v) is 5.42. The van der Waals surface area contributed by atoms with E-state index in [0.717, 1.165) is 23.6 Å². The van der Waals surface area contributed by atoms with E-state index in [-0.39, 0.29) is 0 Å². The number of rotatable bonds is 5. The summed E-state index contributed by atoms with van der Waals surface area (Å²) in [5, 5.41) is 6.88. The molecule has 4 nitrogen and oxygen atoms in total. The molecule has 0 bridgehead atoms. The minimum atomic E-state index is -0.544. The molecule has 0 rings (SSSR count). The van der Waals surface area contributed by atoms with E-state index in [1.54, 1.807) is 6.08 Å². The van der Waals surface area contributed by atoms with Crippen molar-refractivity contribution < 1.29 is 9.63 Å². The zero-order valence-corrected chi connectivity index (χ0v) is 9.39. The standard InChI is InChI=1S/C9H16N2O2S/c1-4-6-8(14-7-5-2)11-13-9(12)10-3/h5H,2,4,6-7H2,1,3H3,(H,10,12). The Morgan fingerprint density at radius 3 is 2.93 bits per heavy atom. The van der Waals surface area contributed by atoms with Gasteiger partial charge in [-0.2, -0.15) is 0 Å². The van der Waals surface area contributed by atoms with E-state index in [1.807, 2.05) is 6.92 Å². The van der Waals surface area contributed by atoms with Gasteiger partial charge in [0.15, 0.2) is 0 Å². The molecule has 0 heterocycles. The van der Waals surface area contributed by atoms with Crippen molar-refractivity contribution in [2.24, 2.45) is 5.16 Å². The molecule has 0 aliphatic rings. The summed E-state index contributed by atoms with van der Waals surface area (Å²) in [6, 6.07) is 0. The highest BCUT2D eigenvalue weighted by molar-refractivity contribution is 8.14. The molecule has 0 aromatic heterocycles. The van der Waals surface area contributed by atoms with Crippen LogP contribution in [0.3, 0.4) is 0 Å². The van der Waals surface area contributed by atoms with E-state index in [9.17, 15) is 4.79 Å².